The quantitative estimate of drug-likeness (QED) is 0.830. The molecule has 110 valence electrons. The van der Waals surface area contributed by atoms with Gasteiger partial charge in [0.1, 0.15) is 5.82 Å². The molecule has 4 rings (SSSR count). The number of nitrogens with zero attached hydrogens (tertiary/aromatic N) is 1. The third-order valence-corrected chi connectivity index (χ3v) is 5.62. The van der Waals surface area contributed by atoms with Gasteiger partial charge in [-0.15, -0.1) is 0 Å². The average Bonchev–Trinajstić information content (AvgIpc) is 3.10. The second kappa shape index (κ2) is 4.25. The summed E-state index contributed by atoms with van der Waals surface area (Å²) in [6.07, 6.45) is 1.75. The summed E-state index contributed by atoms with van der Waals surface area (Å²) >= 11 is 0. The Hall–Kier alpha value is -1.00. The Kier molecular flexibility index (Phi) is 2.70. The average molecular weight is 284 g/mol. The van der Waals surface area contributed by atoms with Gasteiger partial charge in [-0.2, -0.15) is 13.2 Å². The minimum Gasteiger partial charge on any atom is -0.345 e. The Balaban J connectivity index is 1.56. The van der Waals surface area contributed by atoms with E-state index in [9.17, 15) is 13.2 Å². The van der Waals surface area contributed by atoms with Crippen LogP contribution in [0.3, 0.4) is 0 Å². The van der Waals surface area contributed by atoms with E-state index in [0.29, 0.717) is 18.3 Å². The molecule has 2 saturated carbocycles. The van der Waals surface area contributed by atoms with Gasteiger partial charge >= 0.3 is 6.18 Å². The van der Waals surface area contributed by atoms with Crippen molar-refractivity contribution >= 4 is 0 Å². The maximum atomic E-state index is 12.8. The molecule has 0 spiro atoms. The number of H-pyrrole nitrogens is 1. The van der Waals surface area contributed by atoms with E-state index in [1.165, 1.54) is 25.7 Å². The molecule has 0 radical (unpaired) electrons. The van der Waals surface area contributed by atoms with Gasteiger partial charge in [-0.05, 0) is 43.9 Å². The summed E-state index contributed by atoms with van der Waals surface area (Å²) in [6.45, 7) is 0. The molecule has 0 saturated heterocycles. The molecule has 4 atom stereocenters. The molecule has 4 unspecified atom stereocenters. The Morgan fingerprint density at radius 3 is 2.60 bits per heavy atom. The predicted octanol–water partition coefficient (Wildman–Crippen LogP) is 3.98. The van der Waals surface area contributed by atoms with Crippen LogP contribution < -0.4 is 0 Å². The van der Waals surface area contributed by atoms with E-state index in [0.717, 1.165) is 23.1 Å². The zero-order valence-corrected chi connectivity index (χ0v) is 11.3. The number of aryl methyl sites for hydroxylation is 1. The van der Waals surface area contributed by atoms with Crippen LogP contribution in [0.25, 0.3) is 0 Å². The Morgan fingerprint density at radius 1 is 1.10 bits per heavy atom. The van der Waals surface area contributed by atoms with Gasteiger partial charge in [0.2, 0.25) is 0 Å². The van der Waals surface area contributed by atoms with Gasteiger partial charge in [-0.25, -0.2) is 4.98 Å². The molecule has 2 bridgehead atoms. The van der Waals surface area contributed by atoms with Crippen molar-refractivity contribution < 1.29 is 13.2 Å². The van der Waals surface area contributed by atoms with Crippen LogP contribution in [0.5, 0.6) is 0 Å². The van der Waals surface area contributed by atoms with Crippen molar-refractivity contribution in [1.82, 2.24) is 9.97 Å². The van der Waals surface area contributed by atoms with Gasteiger partial charge in [0, 0.05) is 18.0 Å². The van der Waals surface area contributed by atoms with Gasteiger partial charge in [0.05, 0.1) is 11.6 Å². The number of halogens is 3. The lowest BCUT2D eigenvalue weighted by molar-refractivity contribution is -0.177. The molecule has 0 aliphatic heterocycles. The fourth-order valence-electron chi connectivity index (χ4n) is 4.54. The second-order valence-electron chi connectivity index (χ2n) is 6.81. The lowest BCUT2D eigenvalue weighted by Crippen LogP contribution is -2.28. The molecule has 2 nitrogen and oxygen atoms in total. The first-order valence-corrected chi connectivity index (χ1v) is 7.65. The SMILES string of the molecule is FC(F)(F)C1CCc2nc(C3CC4CCC3C4)[nH]c2C1. The van der Waals surface area contributed by atoms with Crippen LogP contribution >= 0.6 is 0 Å². The highest BCUT2D eigenvalue weighted by molar-refractivity contribution is 5.22. The van der Waals surface area contributed by atoms with Crippen LogP contribution in [0.4, 0.5) is 13.2 Å². The Labute approximate surface area is 116 Å². The van der Waals surface area contributed by atoms with Crippen LogP contribution in [0.15, 0.2) is 0 Å². The van der Waals surface area contributed by atoms with Crippen LogP contribution in [0.2, 0.25) is 0 Å². The largest absolute Gasteiger partial charge is 0.392 e. The number of hydrogen-bond donors (Lipinski definition) is 1. The van der Waals surface area contributed by atoms with Gasteiger partial charge in [-0.1, -0.05) is 6.42 Å². The smallest absolute Gasteiger partial charge is 0.345 e. The summed E-state index contributed by atoms with van der Waals surface area (Å²) in [5.41, 5.74) is 1.64. The number of aromatic nitrogens is 2. The molecule has 2 fully saturated rings. The third kappa shape index (κ3) is 1.97. The number of hydrogen-bond acceptors (Lipinski definition) is 1. The van der Waals surface area contributed by atoms with Crippen molar-refractivity contribution in [3.05, 3.63) is 17.2 Å². The third-order valence-electron chi connectivity index (χ3n) is 5.62. The normalized spacial score (nSPS) is 36.4. The first-order chi connectivity index (χ1) is 9.50. The van der Waals surface area contributed by atoms with Gasteiger partial charge in [0.15, 0.2) is 0 Å². The highest BCUT2D eigenvalue weighted by atomic mass is 19.4. The maximum absolute atomic E-state index is 12.8. The summed E-state index contributed by atoms with van der Waals surface area (Å²) in [7, 11) is 0. The summed E-state index contributed by atoms with van der Waals surface area (Å²) in [5.74, 6) is 1.80. The van der Waals surface area contributed by atoms with Crippen molar-refractivity contribution in [2.45, 2.75) is 57.0 Å². The number of fused-ring (bicyclic) bond motifs is 3. The lowest BCUT2D eigenvalue weighted by atomic mass is 9.88. The van der Waals surface area contributed by atoms with E-state index >= 15 is 0 Å². The summed E-state index contributed by atoms with van der Waals surface area (Å²) in [4.78, 5) is 7.90. The molecular weight excluding hydrogens is 265 g/mol. The molecule has 3 aliphatic rings. The first-order valence-electron chi connectivity index (χ1n) is 7.65. The molecule has 1 aromatic heterocycles. The highest BCUT2D eigenvalue weighted by Crippen LogP contribution is 2.52. The lowest BCUT2D eigenvalue weighted by Gasteiger charge is -2.23. The Morgan fingerprint density at radius 2 is 1.95 bits per heavy atom. The molecule has 20 heavy (non-hydrogen) atoms. The molecule has 0 aromatic carbocycles. The fourth-order valence-corrected chi connectivity index (χ4v) is 4.54. The van der Waals surface area contributed by atoms with E-state index in [-0.39, 0.29) is 12.8 Å². The topological polar surface area (TPSA) is 28.7 Å². The van der Waals surface area contributed by atoms with Gasteiger partial charge in [-0.3, -0.25) is 0 Å². The van der Waals surface area contributed by atoms with Crippen LogP contribution in [0.1, 0.15) is 55.2 Å². The van der Waals surface area contributed by atoms with Crippen molar-refractivity contribution in [1.29, 1.82) is 0 Å². The minimum absolute atomic E-state index is 0.0899. The number of rotatable bonds is 1. The van der Waals surface area contributed by atoms with Gasteiger partial charge < -0.3 is 4.98 Å². The molecule has 1 N–H and O–H groups in total. The van der Waals surface area contributed by atoms with Crippen LogP contribution in [0, 0.1) is 17.8 Å². The van der Waals surface area contributed by atoms with Crippen LogP contribution in [-0.2, 0) is 12.8 Å². The van der Waals surface area contributed by atoms with E-state index in [1.54, 1.807) is 0 Å². The van der Waals surface area contributed by atoms with Crippen molar-refractivity contribution in [3.8, 4) is 0 Å². The maximum Gasteiger partial charge on any atom is 0.392 e. The Bertz CT molecular complexity index is 520. The molecular formula is C15H19F3N2. The van der Waals surface area contributed by atoms with Gasteiger partial charge in [0.25, 0.3) is 0 Å². The van der Waals surface area contributed by atoms with E-state index in [4.69, 9.17) is 0 Å². The zero-order chi connectivity index (χ0) is 13.9. The second-order valence-corrected chi connectivity index (χ2v) is 6.81. The standard InChI is InChI=1S/C15H19F3N2/c16-15(17,18)10-3-4-12-13(7-10)20-14(19-12)11-6-8-1-2-9(11)5-8/h8-11H,1-7H2,(H,19,20). The van der Waals surface area contributed by atoms with E-state index in [1.807, 2.05) is 0 Å². The number of aromatic amines is 1. The molecule has 1 heterocycles. The fraction of sp³-hybridized carbons (Fsp3) is 0.800. The molecule has 1 aromatic rings. The zero-order valence-electron chi connectivity index (χ0n) is 11.3. The monoisotopic (exact) mass is 284 g/mol. The predicted molar refractivity (Wildman–Crippen MR) is 68.3 cm³/mol. The number of imidazole rings is 1. The molecule has 5 heteroatoms. The number of alkyl halides is 3. The van der Waals surface area contributed by atoms with Crippen molar-refractivity contribution in [3.63, 3.8) is 0 Å². The number of nitrogens with one attached hydrogen (secondary N) is 1. The highest BCUT2D eigenvalue weighted by Gasteiger charge is 2.44. The summed E-state index contributed by atoms with van der Waals surface area (Å²) < 4.78 is 38.5. The van der Waals surface area contributed by atoms with Crippen molar-refractivity contribution in [2.75, 3.05) is 0 Å². The molecule has 3 aliphatic carbocycles. The first kappa shape index (κ1) is 12.7. The molecule has 0 amide bonds. The van der Waals surface area contributed by atoms with Crippen LogP contribution in [-0.4, -0.2) is 16.1 Å². The van der Waals surface area contributed by atoms with E-state index < -0.39 is 12.1 Å². The van der Waals surface area contributed by atoms with E-state index in [2.05, 4.69) is 9.97 Å². The minimum atomic E-state index is -4.07. The summed E-state index contributed by atoms with van der Waals surface area (Å²) in [5, 5.41) is 0. The van der Waals surface area contributed by atoms with Crippen molar-refractivity contribution in [2.24, 2.45) is 17.8 Å². The summed E-state index contributed by atoms with van der Waals surface area (Å²) in [6, 6.07) is 0.